The molecule has 0 spiro atoms. The molecule has 84 valence electrons. The molecular formula is C15H14NO+. The summed E-state index contributed by atoms with van der Waals surface area (Å²) in [4.78, 5) is 11.1. The molecule has 0 aromatic heterocycles. The van der Waals surface area contributed by atoms with Gasteiger partial charge in [0.15, 0.2) is 0 Å². The Hall–Kier alpha value is -1.93. The van der Waals surface area contributed by atoms with Crippen LogP contribution < -0.4 is 5.32 Å². The number of carbonyl (C=O) groups is 1. The Labute approximate surface area is 100 Å². The van der Waals surface area contributed by atoms with E-state index < -0.39 is 0 Å². The van der Waals surface area contributed by atoms with Crippen LogP contribution in [0.25, 0.3) is 11.1 Å². The van der Waals surface area contributed by atoms with E-state index in [-0.39, 0.29) is 5.91 Å². The van der Waals surface area contributed by atoms with Crippen molar-refractivity contribution in [1.29, 1.82) is 0 Å². The van der Waals surface area contributed by atoms with E-state index in [1.807, 2.05) is 6.07 Å². The van der Waals surface area contributed by atoms with E-state index in [9.17, 15) is 4.79 Å². The third-order valence-corrected chi connectivity index (χ3v) is 3.19. The number of carbonyl (C=O) groups excluding carboxylic acids is 1. The average Bonchev–Trinajstić information content (AvgIpc) is 2.65. The monoisotopic (exact) mass is 224 g/mol. The van der Waals surface area contributed by atoms with Crippen LogP contribution in [0.5, 0.6) is 0 Å². The van der Waals surface area contributed by atoms with E-state index in [0.29, 0.717) is 0 Å². The fourth-order valence-corrected chi connectivity index (χ4v) is 2.49. The van der Waals surface area contributed by atoms with Crippen LogP contribution in [0.3, 0.4) is 0 Å². The Kier molecular flexibility index (Phi) is 2.30. The van der Waals surface area contributed by atoms with Crippen LogP contribution in [0.15, 0.2) is 42.5 Å². The molecule has 0 saturated carbocycles. The van der Waals surface area contributed by atoms with Gasteiger partial charge >= 0.3 is 5.91 Å². The Morgan fingerprint density at radius 2 is 1.82 bits per heavy atom. The van der Waals surface area contributed by atoms with Crippen LogP contribution in [0.1, 0.15) is 18.1 Å². The number of quaternary nitrogens is 1. The summed E-state index contributed by atoms with van der Waals surface area (Å²) in [5.74, 6) is 0.0976. The van der Waals surface area contributed by atoms with Crippen LogP contribution in [0.2, 0.25) is 0 Å². The molecule has 0 aliphatic heterocycles. The van der Waals surface area contributed by atoms with E-state index in [1.54, 1.807) is 12.2 Å². The summed E-state index contributed by atoms with van der Waals surface area (Å²) in [6.07, 6.45) is 0.977. The summed E-state index contributed by atoms with van der Waals surface area (Å²) in [7, 11) is 0. The number of fused-ring (bicyclic) bond motifs is 3. The second-order valence-corrected chi connectivity index (χ2v) is 4.51. The van der Waals surface area contributed by atoms with Gasteiger partial charge in [0.25, 0.3) is 0 Å². The second-order valence-electron chi connectivity index (χ2n) is 4.51. The molecule has 0 atom stereocenters. The number of benzene rings is 2. The standard InChI is InChI=1S/C15H13NO/c1-10(17)16-13-6-7-15-12(9-13)8-11-4-2-3-5-14(11)15/h2-7,9H,8H2,1H3,(H,16,17)/p+1. The molecule has 0 fully saturated rings. The van der Waals surface area contributed by atoms with Crippen molar-refractivity contribution < 1.29 is 10.1 Å². The lowest BCUT2D eigenvalue weighted by molar-refractivity contribution is -0.481. The summed E-state index contributed by atoms with van der Waals surface area (Å²) in [6.45, 7) is 1.59. The molecule has 1 aliphatic carbocycles. The molecule has 3 rings (SSSR count). The van der Waals surface area contributed by atoms with Gasteiger partial charge in [0.2, 0.25) is 0 Å². The first kappa shape index (κ1) is 10.2. The topological polar surface area (TPSA) is 33.7 Å². The highest BCUT2D eigenvalue weighted by atomic mass is 16.1. The lowest BCUT2D eigenvalue weighted by Gasteiger charge is -2.01. The summed E-state index contributed by atoms with van der Waals surface area (Å²) < 4.78 is 0. The Morgan fingerprint density at radius 3 is 2.65 bits per heavy atom. The highest BCUT2D eigenvalue weighted by Crippen LogP contribution is 2.36. The van der Waals surface area contributed by atoms with Gasteiger partial charge < -0.3 is 0 Å². The maximum Gasteiger partial charge on any atom is 0.312 e. The van der Waals surface area contributed by atoms with Crippen LogP contribution >= 0.6 is 0 Å². The van der Waals surface area contributed by atoms with Gasteiger partial charge in [-0.3, -0.25) is 5.32 Å². The van der Waals surface area contributed by atoms with Crippen LogP contribution in [-0.4, -0.2) is 5.91 Å². The first-order valence-electron chi connectivity index (χ1n) is 5.80. The van der Waals surface area contributed by atoms with Crippen molar-refractivity contribution in [2.75, 3.05) is 0 Å². The average molecular weight is 224 g/mol. The fourth-order valence-electron chi connectivity index (χ4n) is 2.49. The summed E-state index contributed by atoms with van der Waals surface area (Å²) >= 11 is 0. The van der Waals surface area contributed by atoms with Crippen molar-refractivity contribution in [2.45, 2.75) is 13.3 Å². The first-order valence-corrected chi connectivity index (χ1v) is 5.80. The van der Waals surface area contributed by atoms with E-state index in [4.69, 9.17) is 0 Å². The molecule has 1 amide bonds. The van der Waals surface area contributed by atoms with Crippen molar-refractivity contribution in [3.05, 3.63) is 53.6 Å². The van der Waals surface area contributed by atoms with Gasteiger partial charge in [0, 0.05) is 12.1 Å². The van der Waals surface area contributed by atoms with E-state index >= 15 is 0 Å². The molecule has 2 N–H and O–H groups in total. The number of hydrogen-bond donors (Lipinski definition) is 1. The quantitative estimate of drug-likeness (QED) is 0.630. The number of amides is 1. The molecule has 2 aromatic rings. The largest absolute Gasteiger partial charge is 0.312 e. The Morgan fingerprint density at radius 1 is 1.06 bits per heavy atom. The number of hydrogen-bond acceptors (Lipinski definition) is 1. The van der Waals surface area contributed by atoms with E-state index in [0.717, 1.165) is 12.1 Å². The van der Waals surface area contributed by atoms with Gasteiger partial charge in [0.05, 0.1) is 6.92 Å². The normalized spacial score (nSPS) is 12.1. The Balaban J connectivity index is 2.04. The smallest absolute Gasteiger partial charge is 0.251 e. The van der Waals surface area contributed by atoms with Gasteiger partial charge in [0.1, 0.15) is 5.69 Å². The molecular weight excluding hydrogens is 210 g/mol. The van der Waals surface area contributed by atoms with Gasteiger partial charge in [-0.05, 0) is 34.7 Å². The predicted octanol–water partition coefficient (Wildman–Crippen LogP) is 2.00. The highest BCUT2D eigenvalue weighted by molar-refractivity contribution is 5.78. The third kappa shape index (κ3) is 1.77. The highest BCUT2D eigenvalue weighted by Gasteiger charge is 2.18. The van der Waals surface area contributed by atoms with Gasteiger partial charge in [-0.15, -0.1) is 0 Å². The molecule has 17 heavy (non-hydrogen) atoms. The van der Waals surface area contributed by atoms with E-state index in [2.05, 4.69) is 36.4 Å². The molecule has 2 nitrogen and oxygen atoms in total. The lowest BCUT2D eigenvalue weighted by Crippen LogP contribution is -2.81. The van der Waals surface area contributed by atoms with Crippen LogP contribution in [0.4, 0.5) is 5.69 Å². The van der Waals surface area contributed by atoms with Crippen molar-refractivity contribution in [3.8, 4) is 11.1 Å². The molecule has 0 unspecified atom stereocenters. The predicted molar refractivity (Wildman–Crippen MR) is 67.0 cm³/mol. The minimum atomic E-state index is 0.0976. The van der Waals surface area contributed by atoms with Crippen molar-refractivity contribution in [2.24, 2.45) is 0 Å². The van der Waals surface area contributed by atoms with Crippen molar-refractivity contribution in [3.63, 3.8) is 0 Å². The van der Waals surface area contributed by atoms with Gasteiger partial charge in [-0.25, -0.2) is 4.79 Å². The molecule has 1 aliphatic rings. The van der Waals surface area contributed by atoms with Crippen molar-refractivity contribution >= 4 is 11.6 Å². The number of primary amides is 1. The molecule has 0 saturated heterocycles. The maximum atomic E-state index is 11.1. The van der Waals surface area contributed by atoms with Crippen LogP contribution in [-0.2, 0) is 11.2 Å². The molecule has 2 heteroatoms. The lowest BCUT2D eigenvalue weighted by atomic mass is 10.1. The summed E-state index contributed by atoms with van der Waals surface area (Å²) in [5, 5.41) is 1.68. The fraction of sp³-hybridized carbons (Fsp3) is 0.133. The maximum absolute atomic E-state index is 11.1. The van der Waals surface area contributed by atoms with Gasteiger partial charge in [-0.1, -0.05) is 24.3 Å². The number of nitrogens with two attached hydrogens (primary N) is 1. The Bertz CT molecular complexity index is 602. The minimum Gasteiger partial charge on any atom is -0.251 e. The zero-order chi connectivity index (χ0) is 11.8. The first-order chi connectivity index (χ1) is 8.24. The minimum absolute atomic E-state index is 0.0976. The molecule has 0 radical (unpaired) electrons. The van der Waals surface area contributed by atoms with E-state index in [1.165, 1.54) is 22.3 Å². The van der Waals surface area contributed by atoms with Crippen molar-refractivity contribution in [1.82, 2.24) is 0 Å². The third-order valence-electron chi connectivity index (χ3n) is 3.19. The van der Waals surface area contributed by atoms with Gasteiger partial charge in [-0.2, -0.15) is 0 Å². The zero-order valence-electron chi connectivity index (χ0n) is 9.73. The summed E-state index contributed by atoms with van der Waals surface area (Å²) in [5.41, 5.74) is 6.34. The summed E-state index contributed by atoms with van der Waals surface area (Å²) in [6, 6.07) is 14.7. The SMILES string of the molecule is CC(=O)[NH2+]c1ccc2c(c1)Cc1ccccc1-2. The zero-order valence-corrected chi connectivity index (χ0v) is 9.73. The second kappa shape index (κ2) is 3.82. The molecule has 0 heterocycles. The molecule has 0 bridgehead atoms. The molecule has 2 aromatic carbocycles. The van der Waals surface area contributed by atoms with Crippen LogP contribution in [0, 0.1) is 0 Å². The number of rotatable bonds is 1.